The van der Waals surface area contributed by atoms with Gasteiger partial charge in [0.05, 0.1) is 30.0 Å². The van der Waals surface area contributed by atoms with Crippen LogP contribution in [-0.4, -0.2) is 100 Å². The summed E-state index contributed by atoms with van der Waals surface area (Å²) in [5.74, 6) is -4.88. The number of ether oxygens (including phenoxy) is 3. The molecule has 1 heterocycles. The molecular weight excluding hydrogens is 684 g/mol. The van der Waals surface area contributed by atoms with Gasteiger partial charge in [0.25, 0.3) is 0 Å². The van der Waals surface area contributed by atoms with Crippen molar-refractivity contribution in [1.29, 1.82) is 0 Å². The summed E-state index contributed by atoms with van der Waals surface area (Å²) in [5, 5.41) is 5.28. The molecule has 0 aromatic rings. The van der Waals surface area contributed by atoms with Gasteiger partial charge in [0.2, 0.25) is 23.5 Å². The minimum absolute atomic E-state index is 0.124. The molecular formula is C39H66N4O10. The minimum atomic E-state index is -1.11. The third kappa shape index (κ3) is 16.3. The van der Waals surface area contributed by atoms with Gasteiger partial charge in [0.15, 0.2) is 11.6 Å². The van der Waals surface area contributed by atoms with Crippen molar-refractivity contribution in [2.24, 2.45) is 17.6 Å². The molecule has 0 bridgehead atoms. The quantitative estimate of drug-likeness (QED) is 0.170. The van der Waals surface area contributed by atoms with E-state index in [4.69, 9.17) is 19.9 Å². The van der Waals surface area contributed by atoms with Crippen molar-refractivity contribution in [1.82, 2.24) is 15.5 Å². The number of ketones is 3. The van der Waals surface area contributed by atoms with Crippen LogP contribution in [0.1, 0.15) is 140 Å². The fourth-order valence-electron chi connectivity index (χ4n) is 6.82. The Morgan fingerprint density at radius 3 is 1.98 bits per heavy atom. The van der Waals surface area contributed by atoms with Gasteiger partial charge in [0, 0.05) is 38.1 Å². The first-order chi connectivity index (χ1) is 24.4. The van der Waals surface area contributed by atoms with Crippen LogP contribution in [0.25, 0.3) is 0 Å². The number of carbonyl (C=O) groups is 7. The number of alkyl carbamates (subject to hydrolysis) is 1. The minimum Gasteiger partial charge on any atom is -0.444 e. The van der Waals surface area contributed by atoms with Gasteiger partial charge >= 0.3 is 6.09 Å². The molecule has 0 aromatic carbocycles. The summed E-state index contributed by atoms with van der Waals surface area (Å²) in [6.45, 7) is 18.0. The number of hydrogen-bond donors (Lipinski definition) is 3. The molecule has 302 valence electrons. The molecule has 2 fully saturated rings. The maximum Gasteiger partial charge on any atom is 0.408 e. The number of amides is 4. The lowest BCUT2D eigenvalue weighted by molar-refractivity contribution is -0.143. The van der Waals surface area contributed by atoms with Crippen LogP contribution in [-0.2, 0) is 43.0 Å². The van der Waals surface area contributed by atoms with Gasteiger partial charge in [-0.3, -0.25) is 28.8 Å². The fraction of sp³-hybridized carbons (Fsp3) is 0.821. The number of carbonyl (C=O) groups excluding carboxylic acids is 7. The smallest absolute Gasteiger partial charge is 0.408 e. The van der Waals surface area contributed by atoms with Crippen molar-refractivity contribution in [3.63, 3.8) is 0 Å². The number of rotatable bonds is 18. The van der Waals surface area contributed by atoms with Crippen LogP contribution < -0.4 is 16.4 Å². The van der Waals surface area contributed by atoms with E-state index in [0.29, 0.717) is 6.42 Å². The Morgan fingerprint density at radius 2 is 1.45 bits per heavy atom. The van der Waals surface area contributed by atoms with Crippen LogP contribution in [0.3, 0.4) is 0 Å². The first-order valence-corrected chi connectivity index (χ1v) is 19.2. The average molecular weight is 751 g/mol. The molecule has 5 atom stereocenters. The highest BCUT2D eigenvalue weighted by Crippen LogP contribution is 2.32. The van der Waals surface area contributed by atoms with Gasteiger partial charge in [0.1, 0.15) is 17.7 Å². The van der Waals surface area contributed by atoms with Crippen LogP contribution >= 0.6 is 0 Å². The Balaban J connectivity index is 2.24. The number of hydrogen-bond acceptors (Lipinski definition) is 10. The SMILES string of the molecule is CCCC(CC(=O)[C@@H]1C[C@@H](OC(C)(C)C)CN1C(=O)[C@@H](NC(=O)OC(C)(C)C)C1CCCCC1)C(=O)C(=O)CCC(=O)N[C@@H](COC(C)(C)C)C(N)=O. The summed E-state index contributed by atoms with van der Waals surface area (Å²) in [6.07, 6.45) is 3.07. The highest BCUT2D eigenvalue weighted by Gasteiger charge is 2.46. The molecule has 4 amide bonds. The summed E-state index contributed by atoms with van der Waals surface area (Å²) < 4.78 is 17.3. The first kappa shape index (κ1) is 45.8. The third-order valence-corrected chi connectivity index (χ3v) is 9.17. The van der Waals surface area contributed by atoms with E-state index in [-0.39, 0.29) is 50.5 Å². The van der Waals surface area contributed by atoms with Gasteiger partial charge in [-0.25, -0.2) is 4.79 Å². The Bertz CT molecular complexity index is 1310. The second-order valence-corrected chi connectivity index (χ2v) is 17.5. The molecule has 2 rings (SSSR count). The van der Waals surface area contributed by atoms with Crippen LogP contribution in [0.15, 0.2) is 0 Å². The highest BCUT2D eigenvalue weighted by atomic mass is 16.6. The van der Waals surface area contributed by atoms with Gasteiger partial charge in [-0.1, -0.05) is 32.6 Å². The van der Waals surface area contributed by atoms with Crippen molar-refractivity contribution in [2.75, 3.05) is 13.2 Å². The zero-order valence-corrected chi connectivity index (χ0v) is 33.8. The lowest BCUT2D eigenvalue weighted by atomic mass is 9.83. The van der Waals surface area contributed by atoms with Gasteiger partial charge in [-0.05, 0) is 87.5 Å². The maximum absolute atomic E-state index is 14.4. The van der Waals surface area contributed by atoms with E-state index in [0.717, 1.165) is 32.1 Å². The first-order valence-electron chi connectivity index (χ1n) is 19.2. The van der Waals surface area contributed by atoms with Crippen LogP contribution in [0.5, 0.6) is 0 Å². The van der Waals surface area contributed by atoms with Gasteiger partial charge in [-0.2, -0.15) is 0 Å². The molecule has 2 aliphatic rings. The topological polar surface area (TPSA) is 200 Å². The molecule has 0 radical (unpaired) electrons. The van der Waals surface area contributed by atoms with Crippen LogP contribution in [0.4, 0.5) is 4.79 Å². The van der Waals surface area contributed by atoms with Gasteiger partial charge < -0.3 is 35.5 Å². The average Bonchev–Trinajstić information content (AvgIpc) is 3.45. The maximum atomic E-state index is 14.4. The number of nitrogens with one attached hydrogen (secondary N) is 2. The zero-order chi connectivity index (χ0) is 40.3. The van der Waals surface area contributed by atoms with E-state index in [1.54, 1.807) is 41.5 Å². The second-order valence-electron chi connectivity index (χ2n) is 17.5. The number of primary amides is 1. The normalized spacial score (nSPS) is 20.2. The van der Waals surface area contributed by atoms with Crippen molar-refractivity contribution in [2.45, 2.75) is 181 Å². The van der Waals surface area contributed by atoms with E-state index in [2.05, 4.69) is 10.6 Å². The number of nitrogens with two attached hydrogens (primary N) is 1. The number of likely N-dealkylation sites (tertiary alicyclic amines) is 1. The largest absolute Gasteiger partial charge is 0.444 e. The van der Waals surface area contributed by atoms with E-state index < -0.39 is 88.8 Å². The number of nitrogens with zero attached hydrogens (tertiary/aromatic N) is 1. The lowest BCUT2D eigenvalue weighted by Crippen LogP contribution is -2.55. The van der Waals surface area contributed by atoms with Crippen molar-refractivity contribution < 1.29 is 47.8 Å². The molecule has 1 aliphatic carbocycles. The lowest BCUT2D eigenvalue weighted by Gasteiger charge is -2.35. The molecule has 1 aliphatic heterocycles. The van der Waals surface area contributed by atoms with Crippen molar-refractivity contribution >= 4 is 41.2 Å². The third-order valence-electron chi connectivity index (χ3n) is 9.17. The molecule has 14 heteroatoms. The summed E-state index contributed by atoms with van der Waals surface area (Å²) in [6, 6.07) is -2.96. The number of Topliss-reactive ketones (excluding diaryl/α,β-unsaturated/α-hetero) is 3. The summed E-state index contributed by atoms with van der Waals surface area (Å²) in [7, 11) is 0. The van der Waals surface area contributed by atoms with Crippen molar-refractivity contribution in [3.05, 3.63) is 0 Å². The Hall–Kier alpha value is -3.39. The van der Waals surface area contributed by atoms with E-state index in [1.165, 1.54) is 4.90 Å². The van der Waals surface area contributed by atoms with E-state index in [1.807, 2.05) is 27.7 Å². The van der Waals surface area contributed by atoms with Crippen LogP contribution in [0.2, 0.25) is 0 Å². The predicted molar refractivity (Wildman–Crippen MR) is 199 cm³/mol. The molecule has 1 unspecified atom stereocenters. The van der Waals surface area contributed by atoms with Gasteiger partial charge in [-0.15, -0.1) is 0 Å². The molecule has 1 saturated heterocycles. The fourth-order valence-corrected chi connectivity index (χ4v) is 6.82. The predicted octanol–water partition coefficient (Wildman–Crippen LogP) is 4.32. The summed E-state index contributed by atoms with van der Waals surface area (Å²) >= 11 is 0. The summed E-state index contributed by atoms with van der Waals surface area (Å²) in [4.78, 5) is 94.1. The van der Waals surface area contributed by atoms with Crippen LogP contribution in [0, 0.1) is 11.8 Å². The van der Waals surface area contributed by atoms with E-state index >= 15 is 0 Å². The van der Waals surface area contributed by atoms with Crippen molar-refractivity contribution in [3.8, 4) is 0 Å². The standard InChI is InChI=1S/C39H66N4O10/c1-11-15-25(33(47)29(44)18-19-31(46)41-27(34(40)48)23-51-37(2,3)4)20-30(45)28-21-26(52-38(5,6)7)22-43(28)35(49)32(24-16-13-12-14-17-24)42-36(50)53-39(8,9)10/h24-28,32H,11-23H2,1-10H3,(H2,40,48)(H,41,46)(H,42,50)/t25?,26-,27+,28+,32+/m1/s1. The monoisotopic (exact) mass is 750 g/mol. The highest BCUT2D eigenvalue weighted by molar-refractivity contribution is 6.38. The Morgan fingerprint density at radius 1 is 0.830 bits per heavy atom. The molecule has 0 aromatic heterocycles. The molecule has 1 saturated carbocycles. The van der Waals surface area contributed by atoms with E-state index in [9.17, 15) is 33.6 Å². The molecule has 0 spiro atoms. The zero-order valence-electron chi connectivity index (χ0n) is 33.8. The second kappa shape index (κ2) is 19.8. The molecule has 53 heavy (non-hydrogen) atoms. The molecule has 4 N–H and O–H groups in total. The Labute approximate surface area is 315 Å². The Kier molecular flexibility index (Phi) is 17.1. The summed E-state index contributed by atoms with van der Waals surface area (Å²) in [5.41, 5.74) is 3.49. The molecule has 14 nitrogen and oxygen atoms in total.